The minimum atomic E-state index is -3.74. The van der Waals surface area contributed by atoms with Crippen molar-refractivity contribution in [3.8, 4) is 0 Å². The number of carbonyl (C=O) groups is 1. The van der Waals surface area contributed by atoms with Gasteiger partial charge in [-0.25, -0.2) is 8.42 Å². The molecule has 1 aliphatic carbocycles. The number of rotatable bonds is 8. The van der Waals surface area contributed by atoms with E-state index in [1.807, 2.05) is 11.8 Å². The molecule has 0 bridgehead atoms. The highest BCUT2D eigenvalue weighted by atomic mass is 35.5. The fourth-order valence-corrected chi connectivity index (χ4v) is 5.87. The zero-order valence-electron chi connectivity index (χ0n) is 16.1. The van der Waals surface area contributed by atoms with Crippen molar-refractivity contribution in [2.24, 2.45) is 0 Å². The van der Waals surface area contributed by atoms with Crippen molar-refractivity contribution in [3.63, 3.8) is 0 Å². The molecule has 29 heavy (non-hydrogen) atoms. The summed E-state index contributed by atoms with van der Waals surface area (Å²) in [5.41, 5.74) is 0.639. The highest BCUT2D eigenvalue weighted by molar-refractivity contribution is 7.99. The van der Waals surface area contributed by atoms with Gasteiger partial charge >= 0.3 is 0 Å². The number of hydrogen-bond acceptors (Lipinski definition) is 4. The normalized spacial score (nSPS) is 15.1. The average molecular weight is 453 g/mol. The van der Waals surface area contributed by atoms with Crippen molar-refractivity contribution in [1.29, 1.82) is 0 Å². The minimum absolute atomic E-state index is 0.147. The van der Waals surface area contributed by atoms with E-state index in [9.17, 15) is 13.2 Å². The highest BCUT2D eigenvalue weighted by Gasteiger charge is 2.17. The van der Waals surface area contributed by atoms with Gasteiger partial charge in [0.15, 0.2) is 0 Å². The van der Waals surface area contributed by atoms with Crippen molar-refractivity contribution < 1.29 is 13.2 Å². The van der Waals surface area contributed by atoms with Crippen LogP contribution < -0.4 is 10.0 Å². The molecule has 0 radical (unpaired) electrons. The lowest BCUT2D eigenvalue weighted by molar-refractivity contribution is 0.0956. The summed E-state index contributed by atoms with van der Waals surface area (Å²) in [5, 5.41) is 3.79. The Morgan fingerprint density at radius 2 is 1.79 bits per heavy atom. The number of halogens is 1. The smallest absolute Gasteiger partial charge is 0.261 e. The van der Waals surface area contributed by atoms with Crippen LogP contribution in [0, 0.1) is 0 Å². The Labute approximate surface area is 181 Å². The lowest BCUT2D eigenvalue weighted by Crippen LogP contribution is -2.26. The molecule has 0 aliphatic heterocycles. The number of amides is 1. The third-order valence-electron chi connectivity index (χ3n) is 4.82. The van der Waals surface area contributed by atoms with Crippen LogP contribution in [0.2, 0.25) is 5.02 Å². The van der Waals surface area contributed by atoms with E-state index < -0.39 is 10.0 Å². The molecule has 8 heteroatoms. The number of anilines is 1. The highest BCUT2D eigenvalue weighted by Crippen LogP contribution is 2.28. The summed E-state index contributed by atoms with van der Waals surface area (Å²) < 4.78 is 27.3. The van der Waals surface area contributed by atoms with E-state index >= 15 is 0 Å². The zero-order chi connectivity index (χ0) is 20.7. The van der Waals surface area contributed by atoms with Crippen LogP contribution in [0.15, 0.2) is 53.4 Å². The van der Waals surface area contributed by atoms with Gasteiger partial charge in [-0.3, -0.25) is 9.52 Å². The molecule has 5 nitrogen and oxygen atoms in total. The Hall–Kier alpha value is -1.70. The summed E-state index contributed by atoms with van der Waals surface area (Å²) in [7, 11) is -3.74. The largest absolute Gasteiger partial charge is 0.351 e. The van der Waals surface area contributed by atoms with E-state index in [-0.39, 0.29) is 21.5 Å². The van der Waals surface area contributed by atoms with Crippen LogP contribution in [0.3, 0.4) is 0 Å². The Kier molecular flexibility index (Phi) is 7.86. The first-order valence-corrected chi connectivity index (χ1v) is 12.6. The van der Waals surface area contributed by atoms with E-state index in [0.29, 0.717) is 17.4 Å². The molecule has 0 saturated heterocycles. The Bertz CT molecular complexity index is 930. The Morgan fingerprint density at radius 1 is 1.07 bits per heavy atom. The molecule has 2 aromatic rings. The average Bonchev–Trinajstić information content (AvgIpc) is 2.74. The summed E-state index contributed by atoms with van der Waals surface area (Å²) >= 11 is 8.15. The molecule has 2 N–H and O–H groups in total. The molecule has 3 rings (SSSR count). The van der Waals surface area contributed by atoms with E-state index in [0.717, 1.165) is 5.75 Å². The van der Waals surface area contributed by atoms with Gasteiger partial charge in [-0.1, -0.05) is 49.1 Å². The number of thioether (sulfide) groups is 1. The van der Waals surface area contributed by atoms with Crippen molar-refractivity contribution in [2.75, 3.05) is 17.0 Å². The van der Waals surface area contributed by atoms with Gasteiger partial charge in [-0.05, 0) is 43.2 Å². The number of sulfonamides is 1. The second-order valence-electron chi connectivity index (χ2n) is 7.00. The molecule has 0 unspecified atom stereocenters. The van der Waals surface area contributed by atoms with Crippen molar-refractivity contribution in [2.45, 2.75) is 42.2 Å². The fraction of sp³-hybridized carbons (Fsp3) is 0.381. The maximum Gasteiger partial charge on any atom is 0.261 e. The molecule has 1 saturated carbocycles. The third kappa shape index (κ3) is 6.39. The number of carbonyl (C=O) groups excluding carboxylic acids is 1. The summed E-state index contributed by atoms with van der Waals surface area (Å²) in [6.07, 6.45) is 6.50. The first-order valence-electron chi connectivity index (χ1n) is 9.73. The fourth-order valence-electron chi connectivity index (χ4n) is 3.27. The second kappa shape index (κ2) is 10.4. The van der Waals surface area contributed by atoms with Crippen LogP contribution in [0.25, 0.3) is 0 Å². The van der Waals surface area contributed by atoms with E-state index in [2.05, 4.69) is 10.0 Å². The van der Waals surface area contributed by atoms with Crippen LogP contribution in [-0.4, -0.2) is 31.9 Å². The zero-order valence-corrected chi connectivity index (χ0v) is 18.5. The minimum Gasteiger partial charge on any atom is -0.351 e. The molecule has 0 heterocycles. The van der Waals surface area contributed by atoms with Gasteiger partial charge in [-0.2, -0.15) is 11.8 Å². The molecule has 1 fully saturated rings. The summed E-state index contributed by atoms with van der Waals surface area (Å²) in [6.45, 7) is 0.597. The molecule has 1 aliphatic rings. The summed E-state index contributed by atoms with van der Waals surface area (Å²) in [4.78, 5) is 12.5. The van der Waals surface area contributed by atoms with Gasteiger partial charge < -0.3 is 5.32 Å². The van der Waals surface area contributed by atoms with Crippen LogP contribution in [0.1, 0.15) is 42.5 Å². The molecule has 0 atom stereocenters. The third-order valence-corrected chi connectivity index (χ3v) is 7.90. The molecule has 0 spiro atoms. The lowest BCUT2D eigenvalue weighted by Gasteiger charge is -2.20. The lowest BCUT2D eigenvalue weighted by atomic mass is 10.0. The van der Waals surface area contributed by atoms with Gasteiger partial charge in [0.05, 0.1) is 15.6 Å². The molecule has 0 aromatic heterocycles. The molecule has 1 amide bonds. The van der Waals surface area contributed by atoms with E-state index in [4.69, 9.17) is 11.6 Å². The van der Waals surface area contributed by atoms with Crippen LogP contribution in [0.5, 0.6) is 0 Å². The Balaban J connectivity index is 1.53. The predicted octanol–water partition coefficient (Wildman–Crippen LogP) is 4.94. The van der Waals surface area contributed by atoms with Crippen molar-refractivity contribution >= 4 is 45.0 Å². The van der Waals surface area contributed by atoms with Crippen molar-refractivity contribution in [3.05, 3.63) is 59.1 Å². The van der Waals surface area contributed by atoms with Crippen LogP contribution in [-0.2, 0) is 10.0 Å². The summed E-state index contributed by atoms with van der Waals surface area (Å²) in [5.74, 6) is 0.674. The maximum absolute atomic E-state index is 12.4. The maximum atomic E-state index is 12.4. The van der Waals surface area contributed by atoms with Gasteiger partial charge in [-0.15, -0.1) is 0 Å². The van der Waals surface area contributed by atoms with Gasteiger partial charge in [0, 0.05) is 23.1 Å². The topological polar surface area (TPSA) is 75.3 Å². The number of nitrogens with one attached hydrogen (secondary N) is 2. The van der Waals surface area contributed by atoms with Crippen LogP contribution >= 0.6 is 23.4 Å². The predicted molar refractivity (Wildman–Crippen MR) is 120 cm³/mol. The van der Waals surface area contributed by atoms with E-state index in [1.165, 1.54) is 56.4 Å². The van der Waals surface area contributed by atoms with Gasteiger partial charge in [0.1, 0.15) is 0 Å². The molecule has 2 aromatic carbocycles. The molecular weight excluding hydrogens is 428 g/mol. The molecular formula is C21H25ClN2O3S2. The monoisotopic (exact) mass is 452 g/mol. The standard InChI is InChI=1S/C21H25ClN2O3S2/c22-19-15-16(21(25)23-13-14-28-17-7-3-1-4-8-17)11-12-20(19)24-29(26,27)18-9-5-2-6-10-18/h2,5-6,9-12,15,17,24H,1,3-4,7-8,13-14H2,(H,23,25). The van der Waals surface area contributed by atoms with Crippen molar-refractivity contribution in [1.82, 2.24) is 5.32 Å². The van der Waals surface area contributed by atoms with Crippen LogP contribution in [0.4, 0.5) is 5.69 Å². The SMILES string of the molecule is O=C(NCCSC1CCCCC1)c1ccc(NS(=O)(=O)c2ccccc2)c(Cl)c1. The van der Waals surface area contributed by atoms with E-state index in [1.54, 1.807) is 24.3 Å². The number of benzene rings is 2. The summed E-state index contributed by atoms with van der Waals surface area (Å²) in [6, 6.07) is 12.6. The molecule has 156 valence electrons. The number of hydrogen-bond donors (Lipinski definition) is 2. The quantitative estimate of drug-likeness (QED) is 0.556. The second-order valence-corrected chi connectivity index (χ2v) is 10.5. The van der Waals surface area contributed by atoms with Gasteiger partial charge in [0.25, 0.3) is 15.9 Å². The van der Waals surface area contributed by atoms with Gasteiger partial charge in [0.2, 0.25) is 0 Å². The first kappa shape index (κ1) is 22.0. The first-order chi connectivity index (χ1) is 14.0. The Morgan fingerprint density at radius 3 is 2.48 bits per heavy atom.